The number of nitrogens with zero attached hydrogens (tertiary/aromatic N) is 3. The van der Waals surface area contributed by atoms with Crippen LogP contribution in [-0.2, 0) is 22.5 Å². The van der Waals surface area contributed by atoms with Crippen LogP contribution in [0.5, 0.6) is 11.6 Å². The van der Waals surface area contributed by atoms with Gasteiger partial charge in [0.25, 0.3) is 0 Å². The first kappa shape index (κ1) is 23.1. The molecule has 33 heavy (non-hydrogen) atoms. The highest BCUT2D eigenvalue weighted by Gasteiger charge is 2.28. The van der Waals surface area contributed by atoms with Gasteiger partial charge in [0.1, 0.15) is 5.75 Å². The van der Waals surface area contributed by atoms with E-state index < -0.39 is 0 Å². The molecule has 0 aliphatic carbocycles. The molecule has 1 atom stereocenters. The topological polar surface area (TPSA) is 56.6 Å². The molecule has 0 saturated carbocycles. The number of aromatic nitrogens is 2. The highest BCUT2D eigenvalue weighted by Crippen LogP contribution is 2.32. The van der Waals surface area contributed by atoms with Crippen molar-refractivity contribution in [1.29, 1.82) is 0 Å². The third-order valence-corrected chi connectivity index (χ3v) is 5.92. The van der Waals surface area contributed by atoms with Gasteiger partial charge in [0, 0.05) is 19.1 Å². The molecule has 1 aliphatic heterocycles. The summed E-state index contributed by atoms with van der Waals surface area (Å²) in [5, 5.41) is 4.91. The van der Waals surface area contributed by atoms with E-state index in [1.807, 2.05) is 84.1 Å². The highest BCUT2D eigenvalue weighted by molar-refractivity contribution is 5.78. The maximum absolute atomic E-state index is 13.2. The fraction of sp³-hybridized carbons (Fsp3) is 0.407. The van der Waals surface area contributed by atoms with Crippen LogP contribution in [0.1, 0.15) is 44.9 Å². The van der Waals surface area contributed by atoms with Crippen molar-refractivity contribution in [3.05, 3.63) is 71.9 Å². The van der Waals surface area contributed by atoms with Gasteiger partial charge in [-0.15, -0.1) is 0 Å². The Morgan fingerprint density at radius 2 is 1.85 bits per heavy atom. The van der Waals surface area contributed by atoms with Crippen LogP contribution in [0.2, 0.25) is 0 Å². The molecule has 0 N–H and O–H groups in total. The van der Waals surface area contributed by atoms with Crippen molar-refractivity contribution in [1.82, 2.24) is 14.7 Å². The normalized spacial score (nSPS) is 15.7. The van der Waals surface area contributed by atoms with Gasteiger partial charge in [-0.2, -0.15) is 5.10 Å². The van der Waals surface area contributed by atoms with Crippen LogP contribution in [0, 0.1) is 5.92 Å². The molecule has 1 amide bonds. The Labute approximate surface area is 196 Å². The van der Waals surface area contributed by atoms with E-state index >= 15 is 0 Å². The fourth-order valence-electron chi connectivity index (χ4n) is 4.19. The van der Waals surface area contributed by atoms with E-state index in [2.05, 4.69) is 6.92 Å². The summed E-state index contributed by atoms with van der Waals surface area (Å²) in [6.07, 6.45) is 2.85. The molecule has 1 fully saturated rings. The number of carbonyl (C=O) groups excluding carboxylic acids is 1. The van der Waals surface area contributed by atoms with Crippen LogP contribution >= 0.6 is 0 Å². The summed E-state index contributed by atoms with van der Waals surface area (Å²) in [5.74, 6) is 1.40. The number of rotatable bonds is 9. The zero-order valence-corrected chi connectivity index (χ0v) is 19.7. The van der Waals surface area contributed by atoms with Crippen LogP contribution in [0.25, 0.3) is 5.69 Å². The molecule has 3 aromatic rings. The van der Waals surface area contributed by atoms with Crippen molar-refractivity contribution < 1.29 is 14.3 Å². The maximum atomic E-state index is 13.2. The highest BCUT2D eigenvalue weighted by atomic mass is 16.5. The minimum Gasteiger partial charge on any atom is -0.439 e. The molecule has 0 bridgehead atoms. The standard InChI is InChI=1S/C27H33N3O3/c1-4-25-24(19-29(26(31)20(2)3)18-23-16-11-17-32-23)27(33-22-14-9-6-10-15-22)30(28-25)21-12-7-5-8-13-21/h5-10,12-15,20,23H,4,11,16-19H2,1-3H3/t23-/m0/s1. The number of ether oxygens (including phenoxy) is 2. The van der Waals surface area contributed by atoms with E-state index in [-0.39, 0.29) is 17.9 Å². The lowest BCUT2D eigenvalue weighted by atomic mass is 10.1. The van der Waals surface area contributed by atoms with Gasteiger partial charge in [0.2, 0.25) is 11.8 Å². The zero-order chi connectivity index (χ0) is 23.2. The molecule has 6 heteroatoms. The molecule has 6 nitrogen and oxygen atoms in total. The Kier molecular flexibility index (Phi) is 7.45. The lowest BCUT2D eigenvalue weighted by Crippen LogP contribution is -2.39. The van der Waals surface area contributed by atoms with E-state index in [1.165, 1.54) is 0 Å². The Hall–Kier alpha value is -3.12. The quantitative estimate of drug-likeness (QED) is 0.441. The Bertz CT molecular complexity index is 1040. The summed E-state index contributed by atoms with van der Waals surface area (Å²) in [6, 6.07) is 19.7. The number of para-hydroxylation sites is 2. The van der Waals surface area contributed by atoms with Crippen molar-refractivity contribution >= 4 is 5.91 Å². The maximum Gasteiger partial charge on any atom is 0.227 e. The molecular formula is C27H33N3O3. The van der Waals surface area contributed by atoms with Crippen molar-refractivity contribution in [3.63, 3.8) is 0 Å². The molecule has 0 radical (unpaired) electrons. The molecule has 4 rings (SSSR count). The zero-order valence-electron chi connectivity index (χ0n) is 19.7. The number of hydrogen-bond acceptors (Lipinski definition) is 4. The second kappa shape index (κ2) is 10.7. The SMILES string of the molecule is CCc1nn(-c2ccccc2)c(Oc2ccccc2)c1CN(C[C@@H]1CCCO1)C(=O)C(C)C. The van der Waals surface area contributed by atoms with Gasteiger partial charge in [-0.3, -0.25) is 4.79 Å². The largest absolute Gasteiger partial charge is 0.439 e. The molecule has 2 heterocycles. The first-order valence-electron chi connectivity index (χ1n) is 11.9. The predicted molar refractivity (Wildman–Crippen MR) is 129 cm³/mol. The van der Waals surface area contributed by atoms with Crippen LogP contribution in [0.4, 0.5) is 0 Å². The molecule has 0 unspecified atom stereocenters. The summed E-state index contributed by atoms with van der Waals surface area (Å²) in [4.78, 5) is 15.1. The van der Waals surface area contributed by atoms with Crippen LogP contribution in [0.15, 0.2) is 60.7 Å². The van der Waals surface area contributed by atoms with Gasteiger partial charge >= 0.3 is 0 Å². The minimum absolute atomic E-state index is 0.0837. The number of amides is 1. The van der Waals surface area contributed by atoms with E-state index in [9.17, 15) is 4.79 Å². The lowest BCUT2D eigenvalue weighted by molar-refractivity contribution is -0.136. The van der Waals surface area contributed by atoms with Crippen molar-refractivity contribution in [3.8, 4) is 17.3 Å². The van der Waals surface area contributed by atoms with Crippen molar-refractivity contribution in [2.75, 3.05) is 13.2 Å². The van der Waals surface area contributed by atoms with Crippen molar-refractivity contribution in [2.45, 2.75) is 52.7 Å². The number of hydrogen-bond donors (Lipinski definition) is 0. The summed E-state index contributed by atoms with van der Waals surface area (Å²) in [5.41, 5.74) is 2.79. The molecule has 0 spiro atoms. The second-order valence-corrected chi connectivity index (χ2v) is 8.75. The molecular weight excluding hydrogens is 414 g/mol. The average molecular weight is 448 g/mol. The summed E-state index contributed by atoms with van der Waals surface area (Å²) in [7, 11) is 0. The molecule has 1 saturated heterocycles. The molecule has 174 valence electrons. The fourth-order valence-corrected chi connectivity index (χ4v) is 4.19. The predicted octanol–water partition coefficient (Wildman–Crippen LogP) is 5.39. The average Bonchev–Trinajstić information content (AvgIpc) is 3.47. The van der Waals surface area contributed by atoms with Gasteiger partial charge in [-0.25, -0.2) is 4.68 Å². The molecule has 1 aromatic heterocycles. The van der Waals surface area contributed by atoms with Crippen LogP contribution < -0.4 is 4.74 Å². The number of carbonyl (C=O) groups is 1. The Morgan fingerprint density at radius 3 is 2.45 bits per heavy atom. The molecule has 1 aliphatic rings. The molecule has 2 aromatic carbocycles. The number of aryl methyl sites for hydroxylation is 1. The Balaban J connectivity index is 1.75. The summed E-state index contributed by atoms with van der Waals surface area (Å²) >= 11 is 0. The van der Waals surface area contributed by atoms with E-state index in [1.54, 1.807) is 0 Å². The minimum atomic E-state index is -0.0980. The van der Waals surface area contributed by atoms with Gasteiger partial charge in [-0.05, 0) is 43.5 Å². The van der Waals surface area contributed by atoms with Gasteiger partial charge in [0.15, 0.2) is 0 Å². The first-order valence-corrected chi connectivity index (χ1v) is 11.9. The van der Waals surface area contributed by atoms with Crippen LogP contribution in [0.3, 0.4) is 0 Å². The third kappa shape index (κ3) is 5.45. The third-order valence-electron chi connectivity index (χ3n) is 5.92. The Morgan fingerprint density at radius 1 is 1.15 bits per heavy atom. The summed E-state index contributed by atoms with van der Waals surface area (Å²) in [6.45, 7) is 7.77. The second-order valence-electron chi connectivity index (χ2n) is 8.75. The van der Waals surface area contributed by atoms with E-state index in [4.69, 9.17) is 14.6 Å². The monoisotopic (exact) mass is 447 g/mol. The smallest absolute Gasteiger partial charge is 0.227 e. The van der Waals surface area contributed by atoms with Gasteiger partial charge < -0.3 is 14.4 Å². The van der Waals surface area contributed by atoms with Gasteiger partial charge in [-0.1, -0.05) is 57.2 Å². The summed E-state index contributed by atoms with van der Waals surface area (Å²) < 4.78 is 14.1. The van der Waals surface area contributed by atoms with Crippen molar-refractivity contribution in [2.24, 2.45) is 5.92 Å². The van der Waals surface area contributed by atoms with E-state index in [0.717, 1.165) is 48.6 Å². The number of benzene rings is 2. The van der Waals surface area contributed by atoms with E-state index in [0.29, 0.717) is 19.0 Å². The van der Waals surface area contributed by atoms with Crippen LogP contribution in [-0.4, -0.2) is 39.8 Å². The lowest BCUT2D eigenvalue weighted by Gasteiger charge is -2.27. The first-order chi connectivity index (χ1) is 16.1. The van der Waals surface area contributed by atoms with Gasteiger partial charge in [0.05, 0.1) is 29.6 Å².